The van der Waals surface area contributed by atoms with Gasteiger partial charge >= 0.3 is 0 Å². The fraction of sp³-hybridized carbons (Fsp3) is 0.684. The number of hydrogen-bond donors (Lipinski definition) is 1. The van der Waals surface area contributed by atoms with Crippen molar-refractivity contribution >= 4 is 0 Å². The van der Waals surface area contributed by atoms with Crippen molar-refractivity contribution in [3.8, 4) is 0 Å². The molecular weight excluding hydrogens is 274 g/mol. The second-order valence-electron chi connectivity index (χ2n) is 6.76. The molecule has 3 heteroatoms. The van der Waals surface area contributed by atoms with Crippen LogP contribution in [0.4, 0.5) is 0 Å². The van der Waals surface area contributed by atoms with Crippen LogP contribution in [0.3, 0.4) is 0 Å². The molecule has 126 valence electrons. The molecule has 0 fully saturated rings. The molecule has 22 heavy (non-hydrogen) atoms. The molecule has 1 rings (SSSR count). The van der Waals surface area contributed by atoms with E-state index < -0.39 is 6.10 Å². The van der Waals surface area contributed by atoms with Crippen molar-refractivity contribution < 1.29 is 9.84 Å². The van der Waals surface area contributed by atoms with Crippen LogP contribution < -0.4 is 0 Å². The summed E-state index contributed by atoms with van der Waals surface area (Å²) in [5, 5.41) is 10.2. The van der Waals surface area contributed by atoms with E-state index in [9.17, 15) is 5.11 Å². The predicted octanol–water partition coefficient (Wildman–Crippen LogP) is 3.63. The maximum atomic E-state index is 10.2. The van der Waals surface area contributed by atoms with E-state index >= 15 is 0 Å². The summed E-state index contributed by atoms with van der Waals surface area (Å²) in [4.78, 5) is 2.35. The van der Waals surface area contributed by atoms with Crippen LogP contribution in [0.25, 0.3) is 0 Å². The number of hydrogen-bond acceptors (Lipinski definition) is 3. The Balaban J connectivity index is 2.57. The number of aryl methyl sites for hydroxylation is 1. The molecule has 2 atom stereocenters. The Morgan fingerprint density at radius 2 is 1.91 bits per heavy atom. The van der Waals surface area contributed by atoms with Crippen molar-refractivity contribution in [3.05, 3.63) is 35.4 Å². The standard InChI is InChI=1S/C19H33NO2/c1-6-17(5)20(11-18-9-7-8-16(4)10-18)12-19(21)14-22-13-15(2)3/h7-10,15,17,19,21H,6,11-14H2,1-5H3/t17-,19+/m0/s1. The van der Waals surface area contributed by atoms with Gasteiger partial charge in [0.2, 0.25) is 0 Å². The van der Waals surface area contributed by atoms with Crippen LogP contribution in [0, 0.1) is 12.8 Å². The lowest BCUT2D eigenvalue weighted by Gasteiger charge is -2.30. The molecule has 0 bridgehead atoms. The minimum Gasteiger partial charge on any atom is -0.389 e. The van der Waals surface area contributed by atoms with Crippen LogP contribution in [-0.2, 0) is 11.3 Å². The van der Waals surface area contributed by atoms with E-state index in [2.05, 4.69) is 63.8 Å². The Bertz CT molecular complexity index is 420. The fourth-order valence-corrected chi connectivity index (χ4v) is 2.47. The van der Waals surface area contributed by atoms with E-state index in [1.807, 2.05) is 0 Å². The number of rotatable bonds is 10. The van der Waals surface area contributed by atoms with Gasteiger partial charge in [0, 0.05) is 25.7 Å². The van der Waals surface area contributed by atoms with Gasteiger partial charge in [-0.15, -0.1) is 0 Å². The van der Waals surface area contributed by atoms with Crippen LogP contribution in [0.15, 0.2) is 24.3 Å². The van der Waals surface area contributed by atoms with Crippen LogP contribution in [0.1, 0.15) is 45.2 Å². The summed E-state index contributed by atoms with van der Waals surface area (Å²) in [6.45, 7) is 13.4. The van der Waals surface area contributed by atoms with Gasteiger partial charge in [0.05, 0.1) is 12.7 Å². The van der Waals surface area contributed by atoms with E-state index in [-0.39, 0.29) is 0 Å². The topological polar surface area (TPSA) is 32.7 Å². The minimum absolute atomic E-state index is 0.416. The Morgan fingerprint density at radius 1 is 1.18 bits per heavy atom. The lowest BCUT2D eigenvalue weighted by Crippen LogP contribution is -2.40. The van der Waals surface area contributed by atoms with E-state index in [0.717, 1.165) is 13.0 Å². The highest BCUT2D eigenvalue weighted by molar-refractivity contribution is 5.22. The number of aliphatic hydroxyl groups is 1. The smallest absolute Gasteiger partial charge is 0.0900 e. The summed E-state index contributed by atoms with van der Waals surface area (Å²) in [5.41, 5.74) is 2.58. The minimum atomic E-state index is -0.433. The molecule has 0 heterocycles. The summed E-state index contributed by atoms with van der Waals surface area (Å²) in [5.74, 6) is 0.505. The number of ether oxygens (including phenoxy) is 1. The average Bonchev–Trinajstić information content (AvgIpc) is 2.45. The van der Waals surface area contributed by atoms with Crippen molar-refractivity contribution in [2.45, 2.75) is 59.7 Å². The van der Waals surface area contributed by atoms with Gasteiger partial charge in [0.25, 0.3) is 0 Å². The lowest BCUT2D eigenvalue weighted by molar-refractivity contribution is 0.000121. The van der Waals surface area contributed by atoms with Gasteiger partial charge in [-0.1, -0.05) is 50.6 Å². The third-order valence-corrected chi connectivity index (χ3v) is 3.89. The maximum absolute atomic E-state index is 10.2. The molecule has 0 unspecified atom stereocenters. The molecule has 0 spiro atoms. The first kappa shape index (κ1) is 19.1. The Hall–Kier alpha value is -0.900. The third kappa shape index (κ3) is 7.39. The third-order valence-electron chi connectivity index (χ3n) is 3.89. The highest BCUT2D eigenvalue weighted by Crippen LogP contribution is 2.13. The quantitative estimate of drug-likeness (QED) is 0.716. The zero-order valence-electron chi connectivity index (χ0n) is 14.9. The van der Waals surface area contributed by atoms with E-state index in [1.54, 1.807) is 0 Å². The summed E-state index contributed by atoms with van der Waals surface area (Å²) in [6, 6.07) is 9.04. The zero-order valence-corrected chi connectivity index (χ0v) is 14.9. The van der Waals surface area contributed by atoms with E-state index in [0.29, 0.717) is 31.7 Å². The molecular formula is C19H33NO2. The molecule has 0 aliphatic heterocycles. The van der Waals surface area contributed by atoms with Gasteiger partial charge in [0.1, 0.15) is 0 Å². The molecule has 1 aromatic carbocycles. The van der Waals surface area contributed by atoms with Gasteiger partial charge in [0.15, 0.2) is 0 Å². The van der Waals surface area contributed by atoms with Gasteiger partial charge in [-0.25, -0.2) is 0 Å². The SMILES string of the molecule is CC[C@H](C)N(Cc1cccc(C)c1)C[C@@H](O)COCC(C)C. The highest BCUT2D eigenvalue weighted by atomic mass is 16.5. The lowest BCUT2D eigenvalue weighted by atomic mass is 10.1. The maximum Gasteiger partial charge on any atom is 0.0900 e. The first-order valence-electron chi connectivity index (χ1n) is 8.47. The van der Waals surface area contributed by atoms with Crippen LogP contribution in [-0.4, -0.2) is 41.9 Å². The Morgan fingerprint density at radius 3 is 2.50 bits per heavy atom. The Kier molecular flexibility index (Phi) is 8.69. The molecule has 1 aromatic rings. The number of aliphatic hydroxyl groups excluding tert-OH is 1. The van der Waals surface area contributed by atoms with E-state index in [1.165, 1.54) is 11.1 Å². The molecule has 0 aliphatic rings. The molecule has 0 aliphatic carbocycles. The monoisotopic (exact) mass is 307 g/mol. The van der Waals surface area contributed by atoms with Crippen molar-refractivity contribution in [1.29, 1.82) is 0 Å². The number of nitrogens with zero attached hydrogens (tertiary/aromatic N) is 1. The summed E-state index contributed by atoms with van der Waals surface area (Å²) < 4.78 is 5.56. The second-order valence-corrected chi connectivity index (χ2v) is 6.76. The molecule has 0 saturated heterocycles. The van der Waals surface area contributed by atoms with E-state index in [4.69, 9.17) is 4.74 Å². The first-order valence-corrected chi connectivity index (χ1v) is 8.47. The average molecular weight is 307 g/mol. The zero-order chi connectivity index (χ0) is 16.5. The Labute approximate surface area is 136 Å². The molecule has 0 saturated carbocycles. The summed E-state index contributed by atoms with van der Waals surface area (Å²) in [6.07, 6.45) is 0.642. The van der Waals surface area contributed by atoms with Crippen molar-refractivity contribution in [3.63, 3.8) is 0 Å². The van der Waals surface area contributed by atoms with Gasteiger partial charge in [-0.05, 0) is 31.7 Å². The molecule has 0 radical (unpaired) electrons. The van der Waals surface area contributed by atoms with Crippen molar-refractivity contribution in [1.82, 2.24) is 4.90 Å². The highest BCUT2D eigenvalue weighted by Gasteiger charge is 2.17. The van der Waals surface area contributed by atoms with Crippen molar-refractivity contribution in [2.75, 3.05) is 19.8 Å². The molecule has 3 nitrogen and oxygen atoms in total. The van der Waals surface area contributed by atoms with Crippen LogP contribution in [0.2, 0.25) is 0 Å². The largest absolute Gasteiger partial charge is 0.389 e. The second kappa shape index (κ2) is 9.98. The molecule has 0 amide bonds. The predicted molar refractivity (Wildman–Crippen MR) is 93.0 cm³/mol. The van der Waals surface area contributed by atoms with Crippen LogP contribution in [0.5, 0.6) is 0 Å². The normalized spacial score (nSPS) is 14.5. The van der Waals surface area contributed by atoms with Gasteiger partial charge in [-0.2, -0.15) is 0 Å². The number of benzene rings is 1. The summed E-state index contributed by atoms with van der Waals surface area (Å²) >= 11 is 0. The van der Waals surface area contributed by atoms with Crippen molar-refractivity contribution in [2.24, 2.45) is 5.92 Å². The van der Waals surface area contributed by atoms with Gasteiger partial charge < -0.3 is 9.84 Å². The fourth-order valence-electron chi connectivity index (χ4n) is 2.47. The molecule has 1 N–H and O–H groups in total. The van der Waals surface area contributed by atoms with Gasteiger partial charge in [-0.3, -0.25) is 4.90 Å². The molecule has 0 aromatic heterocycles. The summed E-state index contributed by atoms with van der Waals surface area (Å²) in [7, 11) is 0. The first-order chi connectivity index (χ1) is 10.4. The van der Waals surface area contributed by atoms with Crippen LogP contribution >= 0.6 is 0 Å².